The van der Waals surface area contributed by atoms with Crippen molar-refractivity contribution in [1.29, 1.82) is 0 Å². The average Bonchev–Trinajstić information content (AvgIpc) is 3.01. The second-order valence-corrected chi connectivity index (χ2v) is 8.17. The molecule has 3 atom stereocenters. The number of ether oxygens (including phenoxy) is 2. The Labute approximate surface area is 188 Å². The predicted molar refractivity (Wildman–Crippen MR) is 127 cm³/mol. The zero-order valence-corrected chi connectivity index (χ0v) is 18.2. The number of benzene rings is 3. The van der Waals surface area contributed by atoms with Gasteiger partial charge in [-0.3, -0.25) is 4.99 Å². The zero-order valence-electron chi connectivity index (χ0n) is 18.2. The predicted octanol–water partition coefficient (Wildman–Crippen LogP) is 6.19. The van der Waals surface area contributed by atoms with Crippen LogP contribution in [0, 0.1) is 5.92 Å². The molecule has 2 aliphatic rings. The highest BCUT2D eigenvalue weighted by Crippen LogP contribution is 2.45. The normalized spacial score (nSPS) is 21.8. The molecule has 0 fully saturated rings. The Morgan fingerprint density at radius 2 is 1.66 bits per heavy atom. The van der Waals surface area contributed by atoms with E-state index >= 15 is 0 Å². The highest BCUT2D eigenvalue weighted by Gasteiger charge is 2.38. The number of aliphatic imine (C=N–C) groups is 1. The molecule has 0 radical (unpaired) electrons. The number of fused-ring (bicyclic) bond motifs is 2. The molecule has 1 aliphatic heterocycles. The molecule has 0 unspecified atom stereocenters. The fourth-order valence-electron chi connectivity index (χ4n) is 4.64. The van der Waals surface area contributed by atoms with Gasteiger partial charge >= 0.3 is 0 Å². The third-order valence-electron chi connectivity index (χ3n) is 6.29. The largest absolute Gasteiger partial charge is 0.512 e. The van der Waals surface area contributed by atoms with Crippen molar-refractivity contribution in [2.45, 2.75) is 18.4 Å². The third kappa shape index (κ3) is 3.71. The highest BCUT2D eigenvalue weighted by molar-refractivity contribution is 5.96. The molecule has 32 heavy (non-hydrogen) atoms. The first-order chi connectivity index (χ1) is 15.7. The Bertz CT molecular complexity index is 1180. The molecule has 0 bridgehead atoms. The Balaban J connectivity index is 1.60. The summed E-state index contributed by atoms with van der Waals surface area (Å²) >= 11 is 0. The summed E-state index contributed by atoms with van der Waals surface area (Å²) in [6.07, 6.45) is 2.70. The first-order valence-electron chi connectivity index (χ1n) is 10.8. The van der Waals surface area contributed by atoms with Gasteiger partial charge in [0.25, 0.3) is 0 Å². The van der Waals surface area contributed by atoms with Crippen molar-refractivity contribution in [3.8, 4) is 11.5 Å². The number of hydrogen-bond acceptors (Lipinski definition) is 5. The first-order valence-corrected chi connectivity index (χ1v) is 10.8. The molecule has 0 saturated heterocycles. The summed E-state index contributed by atoms with van der Waals surface area (Å²) in [5, 5.41) is 14.9. The molecule has 0 aromatic heterocycles. The van der Waals surface area contributed by atoms with Crippen molar-refractivity contribution < 1.29 is 14.6 Å². The molecule has 5 nitrogen and oxygen atoms in total. The Kier molecular flexibility index (Phi) is 5.31. The highest BCUT2D eigenvalue weighted by atomic mass is 16.5. The number of aliphatic hydroxyl groups excluding tert-OH is 1. The maximum atomic E-state index is 11.3. The van der Waals surface area contributed by atoms with Crippen molar-refractivity contribution >= 4 is 17.1 Å². The number of hydrogen-bond donors (Lipinski definition) is 2. The van der Waals surface area contributed by atoms with E-state index in [1.54, 1.807) is 14.2 Å². The van der Waals surface area contributed by atoms with Gasteiger partial charge in [-0.05, 0) is 60.0 Å². The standard InChI is InChI=1S/C27H26N2O3/c1-31-20-12-10-17(11-13-20)19-15-24-26(25(30)16-19)27(18-6-5-7-21(14-18)32-2)29-23-9-4-3-8-22(23)28-24/h3-14,16,19,26-27,29-30H,15H2,1-2H3/t19-,26-,27+/m0/s1. The van der Waals surface area contributed by atoms with E-state index in [-0.39, 0.29) is 17.9 Å². The van der Waals surface area contributed by atoms with Crippen LogP contribution >= 0.6 is 0 Å². The van der Waals surface area contributed by atoms with Crippen LogP contribution in [0.15, 0.2) is 89.6 Å². The lowest BCUT2D eigenvalue weighted by molar-refractivity contribution is 0.337. The molecular weight excluding hydrogens is 400 g/mol. The number of allylic oxidation sites excluding steroid dienone is 1. The number of nitrogens with zero attached hydrogens (tertiary/aromatic N) is 1. The fourth-order valence-corrected chi connectivity index (χ4v) is 4.64. The topological polar surface area (TPSA) is 63.1 Å². The van der Waals surface area contributed by atoms with Gasteiger partial charge in [-0.2, -0.15) is 0 Å². The van der Waals surface area contributed by atoms with Crippen LogP contribution in [0.4, 0.5) is 11.4 Å². The molecule has 1 heterocycles. The molecule has 2 N–H and O–H groups in total. The Morgan fingerprint density at radius 1 is 0.875 bits per heavy atom. The lowest BCUT2D eigenvalue weighted by atomic mass is 9.77. The number of rotatable bonds is 4. The molecular formula is C27H26N2O3. The molecule has 162 valence electrons. The van der Waals surface area contributed by atoms with E-state index in [1.165, 1.54) is 0 Å². The second kappa shape index (κ2) is 8.42. The van der Waals surface area contributed by atoms with Gasteiger partial charge in [0.2, 0.25) is 0 Å². The van der Waals surface area contributed by atoms with Crippen molar-refractivity contribution in [2.75, 3.05) is 19.5 Å². The van der Waals surface area contributed by atoms with Crippen molar-refractivity contribution in [1.82, 2.24) is 0 Å². The van der Waals surface area contributed by atoms with E-state index in [1.807, 2.05) is 60.7 Å². The van der Waals surface area contributed by atoms with Gasteiger partial charge in [-0.1, -0.05) is 36.4 Å². The quantitative estimate of drug-likeness (QED) is 0.522. The van der Waals surface area contributed by atoms with Crippen molar-refractivity contribution in [3.63, 3.8) is 0 Å². The maximum Gasteiger partial charge on any atom is 0.119 e. The van der Waals surface area contributed by atoms with Crippen LogP contribution in [0.3, 0.4) is 0 Å². The summed E-state index contributed by atoms with van der Waals surface area (Å²) < 4.78 is 10.8. The summed E-state index contributed by atoms with van der Waals surface area (Å²) in [6.45, 7) is 0. The van der Waals surface area contributed by atoms with E-state index < -0.39 is 0 Å². The Hall–Kier alpha value is -3.73. The number of anilines is 1. The van der Waals surface area contributed by atoms with Gasteiger partial charge < -0.3 is 19.9 Å². The molecule has 0 amide bonds. The molecule has 3 aromatic carbocycles. The summed E-state index contributed by atoms with van der Waals surface area (Å²) in [5.74, 6) is 1.73. The van der Waals surface area contributed by atoms with Crippen molar-refractivity contribution in [3.05, 3.63) is 95.8 Å². The summed E-state index contributed by atoms with van der Waals surface area (Å²) in [7, 11) is 3.33. The van der Waals surface area contributed by atoms with Gasteiger partial charge in [0, 0.05) is 11.6 Å². The number of aliphatic hydroxyl groups is 1. The van der Waals surface area contributed by atoms with E-state index in [0.29, 0.717) is 5.76 Å². The van der Waals surface area contributed by atoms with E-state index in [2.05, 4.69) is 23.5 Å². The van der Waals surface area contributed by atoms with Crippen LogP contribution in [-0.4, -0.2) is 25.0 Å². The van der Waals surface area contributed by atoms with Crippen LogP contribution in [-0.2, 0) is 0 Å². The van der Waals surface area contributed by atoms with E-state index in [4.69, 9.17) is 14.5 Å². The number of para-hydroxylation sites is 2. The van der Waals surface area contributed by atoms with Gasteiger partial charge in [0.15, 0.2) is 0 Å². The van der Waals surface area contributed by atoms with Gasteiger partial charge in [-0.15, -0.1) is 0 Å². The SMILES string of the molecule is COc1ccc([C@@H]2C=C(O)[C@@H]3C(=Nc4ccccc4N[C@@H]3c3cccc(OC)c3)C2)cc1. The lowest BCUT2D eigenvalue weighted by Crippen LogP contribution is -2.32. The summed E-state index contributed by atoms with van der Waals surface area (Å²) in [4.78, 5) is 5.04. The zero-order chi connectivity index (χ0) is 22.1. The van der Waals surface area contributed by atoms with Gasteiger partial charge in [0.1, 0.15) is 17.3 Å². The maximum absolute atomic E-state index is 11.3. The van der Waals surface area contributed by atoms with Gasteiger partial charge in [0.05, 0.1) is 37.6 Å². The monoisotopic (exact) mass is 426 g/mol. The minimum absolute atomic E-state index is 0.0483. The molecule has 1 aliphatic carbocycles. The number of nitrogens with one attached hydrogen (secondary N) is 1. The minimum Gasteiger partial charge on any atom is -0.512 e. The molecule has 3 aromatic rings. The number of methoxy groups -OCH3 is 2. The van der Waals surface area contributed by atoms with Crippen LogP contribution in [0.2, 0.25) is 0 Å². The minimum atomic E-state index is -0.260. The van der Waals surface area contributed by atoms with Crippen molar-refractivity contribution in [2.24, 2.45) is 10.9 Å². The smallest absolute Gasteiger partial charge is 0.119 e. The average molecular weight is 427 g/mol. The van der Waals surface area contributed by atoms with Crippen LogP contribution in [0.5, 0.6) is 11.5 Å². The summed E-state index contributed by atoms with van der Waals surface area (Å²) in [6, 6.07) is 23.9. The first kappa shape index (κ1) is 20.2. The lowest BCUT2D eigenvalue weighted by Gasteiger charge is -2.33. The van der Waals surface area contributed by atoms with E-state index in [0.717, 1.165) is 46.1 Å². The third-order valence-corrected chi connectivity index (χ3v) is 6.29. The molecule has 0 spiro atoms. The van der Waals surface area contributed by atoms with Gasteiger partial charge in [-0.25, -0.2) is 0 Å². The molecule has 5 rings (SSSR count). The fraction of sp³-hybridized carbons (Fsp3) is 0.222. The van der Waals surface area contributed by atoms with E-state index in [9.17, 15) is 5.11 Å². The Morgan fingerprint density at radius 3 is 2.44 bits per heavy atom. The summed E-state index contributed by atoms with van der Waals surface area (Å²) in [5.41, 5.74) is 4.98. The van der Waals surface area contributed by atoms with Crippen LogP contribution in [0.1, 0.15) is 29.5 Å². The molecule has 5 heteroatoms. The second-order valence-electron chi connectivity index (χ2n) is 8.17. The van der Waals surface area contributed by atoms with Crippen LogP contribution in [0.25, 0.3) is 0 Å². The molecule has 0 saturated carbocycles. The van der Waals surface area contributed by atoms with Crippen LogP contribution < -0.4 is 14.8 Å².